The van der Waals surface area contributed by atoms with Crippen LogP contribution in [-0.4, -0.2) is 22.0 Å². The van der Waals surface area contributed by atoms with Crippen molar-refractivity contribution in [3.8, 4) is 5.75 Å². The van der Waals surface area contributed by atoms with Crippen molar-refractivity contribution in [2.24, 2.45) is 0 Å². The van der Waals surface area contributed by atoms with Gasteiger partial charge in [0, 0.05) is 0 Å². The Kier molecular flexibility index (Phi) is 3.23. The van der Waals surface area contributed by atoms with Gasteiger partial charge in [-0.05, 0) is 30.7 Å². The Labute approximate surface area is 86.5 Å². The van der Waals surface area contributed by atoms with E-state index in [0.717, 1.165) is 0 Å². The number of phenols is 1. The number of aliphatic carboxylic acids is 1. The van der Waals surface area contributed by atoms with Gasteiger partial charge >= 0.3 is 5.97 Å². The van der Waals surface area contributed by atoms with Crippen LogP contribution in [0.15, 0.2) is 29.8 Å². The van der Waals surface area contributed by atoms with Crippen LogP contribution in [0.2, 0.25) is 0 Å². The Bertz CT molecular complexity index is 416. The van der Waals surface area contributed by atoms with E-state index in [1.807, 2.05) is 0 Å². The number of aromatic hydroxyl groups is 1. The molecule has 0 unspecified atom stereocenters. The summed E-state index contributed by atoms with van der Waals surface area (Å²) in [5.74, 6) is -1.77. The Morgan fingerprint density at radius 1 is 1.33 bits per heavy atom. The van der Waals surface area contributed by atoms with Crippen LogP contribution in [0.4, 0.5) is 0 Å². The minimum Gasteiger partial charge on any atom is -0.508 e. The summed E-state index contributed by atoms with van der Waals surface area (Å²) in [6, 6.07) is 6.02. The summed E-state index contributed by atoms with van der Waals surface area (Å²) in [6.07, 6.45) is 1.23. The Hall–Kier alpha value is -2.10. The summed E-state index contributed by atoms with van der Waals surface area (Å²) >= 11 is 0. The van der Waals surface area contributed by atoms with Crippen LogP contribution < -0.4 is 0 Å². The molecule has 2 N–H and O–H groups in total. The monoisotopic (exact) mass is 206 g/mol. The summed E-state index contributed by atoms with van der Waals surface area (Å²) in [6.45, 7) is 1.18. The first-order valence-electron chi connectivity index (χ1n) is 4.25. The molecule has 0 heterocycles. The second-order valence-corrected chi connectivity index (χ2v) is 3.01. The number of rotatable bonds is 3. The maximum atomic E-state index is 11.0. The smallest absolute Gasteiger partial charge is 0.339 e. The number of carboxylic acid groups (broad SMARTS) is 1. The average Bonchev–Trinajstić information content (AvgIpc) is 2.13. The molecule has 1 aromatic carbocycles. The molecule has 1 aromatic rings. The summed E-state index contributed by atoms with van der Waals surface area (Å²) in [5, 5.41) is 17.9. The largest absolute Gasteiger partial charge is 0.508 e. The minimum atomic E-state index is -1.27. The maximum Gasteiger partial charge on any atom is 0.339 e. The van der Waals surface area contributed by atoms with Crippen LogP contribution in [0.25, 0.3) is 6.08 Å². The molecule has 78 valence electrons. The van der Waals surface area contributed by atoms with E-state index < -0.39 is 11.8 Å². The summed E-state index contributed by atoms with van der Waals surface area (Å²) in [5.41, 5.74) is 0.170. The zero-order valence-electron chi connectivity index (χ0n) is 8.10. The van der Waals surface area contributed by atoms with Crippen LogP contribution in [0.5, 0.6) is 5.75 Å². The first kappa shape index (κ1) is 11.0. The van der Waals surface area contributed by atoms with E-state index in [9.17, 15) is 9.59 Å². The molecule has 0 spiro atoms. The van der Waals surface area contributed by atoms with Gasteiger partial charge in [-0.2, -0.15) is 0 Å². The van der Waals surface area contributed by atoms with Crippen molar-refractivity contribution in [1.82, 2.24) is 0 Å². The summed E-state index contributed by atoms with van der Waals surface area (Å²) in [7, 11) is 0. The molecule has 0 saturated heterocycles. The van der Waals surface area contributed by atoms with Crippen molar-refractivity contribution >= 4 is 17.8 Å². The number of Topliss-reactive ketones (excluding diaryl/α,β-unsaturated/α-hetero) is 1. The van der Waals surface area contributed by atoms with Gasteiger partial charge in [-0.25, -0.2) is 4.79 Å². The molecule has 0 aliphatic rings. The molecule has 0 aliphatic carbocycles. The van der Waals surface area contributed by atoms with Crippen molar-refractivity contribution in [2.75, 3.05) is 0 Å². The molecule has 0 atom stereocenters. The second-order valence-electron chi connectivity index (χ2n) is 3.01. The first-order chi connectivity index (χ1) is 7.00. The summed E-state index contributed by atoms with van der Waals surface area (Å²) in [4.78, 5) is 21.6. The molecule has 0 fully saturated rings. The zero-order chi connectivity index (χ0) is 11.4. The molecule has 0 amide bonds. The third kappa shape index (κ3) is 2.95. The van der Waals surface area contributed by atoms with Crippen LogP contribution in [0.3, 0.4) is 0 Å². The highest BCUT2D eigenvalue weighted by atomic mass is 16.4. The fourth-order valence-corrected chi connectivity index (χ4v) is 1.10. The van der Waals surface area contributed by atoms with E-state index in [1.165, 1.54) is 25.1 Å². The lowest BCUT2D eigenvalue weighted by Crippen LogP contribution is -2.08. The van der Waals surface area contributed by atoms with Gasteiger partial charge in [0.15, 0.2) is 5.78 Å². The van der Waals surface area contributed by atoms with Crippen molar-refractivity contribution in [1.29, 1.82) is 0 Å². The van der Waals surface area contributed by atoms with Crippen LogP contribution in [0, 0.1) is 0 Å². The number of carbonyl (C=O) groups is 2. The SMILES string of the molecule is CC(=O)/C(=C/c1cccc(O)c1)C(=O)O. The third-order valence-corrected chi connectivity index (χ3v) is 1.79. The lowest BCUT2D eigenvalue weighted by atomic mass is 10.1. The predicted octanol–water partition coefficient (Wildman–Crippen LogP) is 1.45. The third-order valence-electron chi connectivity index (χ3n) is 1.79. The van der Waals surface area contributed by atoms with Gasteiger partial charge in [-0.1, -0.05) is 12.1 Å². The van der Waals surface area contributed by atoms with Gasteiger partial charge < -0.3 is 10.2 Å². The van der Waals surface area contributed by atoms with Gasteiger partial charge in [0.25, 0.3) is 0 Å². The van der Waals surface area contributed by atoms with E-state index >= 15 is 0 Å². The number of carbonyl (C=O) groups excluding carboxylic acids is 1. The first-order valence-corrected chi connectivity index (χ1v) is 4.25. The maximum absolute atomic E-state index is 11.0. The Morgan fingerprint density at radius 2 is 2.00 bits per heavy atom. The average molecular weight is 206 g/mol. The van der Waals surface area contributed by atoms with Gasteiger partial charge in [0.05, 0.1) is 0 Å². The molecular weight excluding hydrogens is 196 g/mol. The highest BCUT2D eigenvalue weighted by Crippen LogP contribution is 2.14. The molecule has 0 aliphatic heterocycles. The number of phenolic OH excluding ortho intramolecular Hbond substituents is 1. The van der Waals surface area contributed by atoms with Crippen LogP contribution >= 0.6 is 0 Å². The molecule has 0 aromatic heterocycles. The highest BCUT2D eigenvalue weighted by molar-refractivity contribution is 6.19. The van der Waals surface area contributed by atoms with E-state index in [-0.39, 0.29) is 11.3 Å². The summed E-state index contributed by atoms with van der Waals surface area (Å²) < 4.78 is 0. The van der Waals surface area contributed by atoms with Crippen molar-refractivity contribution < 1.29 is 19.8 Å². The van der Waals surface area contributed by atoms with E-state index in [4.69, 9.17) is 10.2 Å². The normalized spacial score (nSPS) is 11.1. The fraction of sp³-hybridized carbons (Fsp3) is 0.0909. The van der Waals surface area contributed by atoms with E-state index in [2.05, 4.69) is 0 Å². The molecular formula is C11H10O4. The van der Waals surface area contributed by atoms with Crippen molar-refractivity contribution in [3.63, 3.8) is 0 Å². The lowest BCUT2D eigenvalue weighted by molar-refractivity contribution is -0.134. The van der Waals surface area contributed by atoms with Gasteiger partial charge in [-0.15, -0.1) is 0 Å². The molecule has 0 radical (unpaired) electrons. The Balaban J connectivity index is 3.13. The molecule has 0 saturated carbocycles. The van der Waals surface area contributed by atoms with E-state index in [1.54, 1.807) is 12.1 Å². The van der Waals surface area contributed by atoms with Crippen LogP contribution in [-0.2, 0) is 9.59 Å². The van der Waals surface area contributed by atoms with Gasteiger partial charge in [0.1, 0.15) is 11.3 Å². The van der Waals surface area contributed by atoms with Gasteiger partial charge in [0.2, 0.25) is 0 Å². The second kappa shape index (κ2) is 4.41. The number of benzene rings is 1. The topological polar surface area (TPSA) is 74.6 Å². The molecule has 15 heavy (non-hydrogen) atoms. The standard InChI is InChI=1S/C11H10O4/c1-7(12)10(11(14)15)6-8-3-2-4-9(13)5-8/h2-6,13H,1H3,(H,14,15)/b10-6-. The zero-order valence-corrected chi connectivity index (χ0v) is 8.10. The molecule has 4 heteroatoms. The molecule has 1 rings (SSSR count). The lowest BCUT2D eigenvalue weighted by Gasteiger charge is -1.98. The number of ketones is 1. The fourth-order valence-electron chi connectivity index (χ4n) is 1.10. The molecule has 4 nitrogen and oxygen atoms in total. The minimum absolute atomic E-state index is 0.0250. The number of carboxylic acids is 1. The van der Waals surface area contributed by atoms with E-state index in [0.29, 0.717) is 5.56 Å². The Morgan fingerprint density at radius 3 is 2.47 bits per heavy atom. The number of hydrogen-bond acceptors (Lipinski definition) is 3. The predicted molar refractivity (Wildman–Crippen MR) is 54.4 cm³/mol. The quantitative estimate of drug-likeness (QED) is 0.446. The number of hydrogen-bond donors (Lipinski definition) is 2. The van der Waals surface area contributed by atoms with Crippen molar-refractivity contribution in [3.05, 3.63) is 35.4 Å². The van der Waals surface area contributed by atoms with Crippen LogP contribution in [0.1, 0.15) is 12.5 Å². The van der Waals surface area contributed by atoms with Gasteiger partial charge in [-0.3, -0.25) is 4.79 Å². The van der Waals surface area contributed by atoms with Crippen molar-refractivity contribution in [2.45, 2.75) is 6.92 Å². The molecule has 0 bridgehead atoms. The highest BCUT2D eigenvalue weighted by Gasteiger charge is 2.12.